The molecular formula is C14H21N3O. The van der Waals surface area contributed by atoms with Gasteiger partial charge in [-0.25, -0.2) is 5.43 Å². The summed E-state index contributed by atoms with van der Waals surface area (Å²) in [6, 6.07) is 7.44. The van der Waals surface area contributed by atoms with Gasteiger partial charge < -0.3 is 5.73 Å². The first-order valence-electron chi connectivity index (χ1n) is 6.32. The molecule has 0 fully saturated rings. The molecule has 98 valence electrons. The van der Waals surface area contributed by atoms with Gasteiger partial charge in [0.15, 0.2) is 0 Å². The Morgan fingerprint density at radius 1 is 1.39 bits per heavy atom. The summed E-state index contributed by atoms with van der Waals surface area (Å²) in [5.41, 5.74) is 10.6. The number of carbonyl (C=O) groups is 1. The Balaban J connectivity index is 2.49. The maximum atomic E-state index is 11.5. The predicted molar refractivity (Wildman–Crippen MR) is 75.4 cm³/mol. The Morgan fingerprint density at radius 3 is 2.83 bits per heavy atom. The Morgan fingerprint density at radius 2 is 2.17 bits per heavy atom. The van der Waals surface area contributed by atoms with E-state index in [1.165, 1.54) is 0 Å². The second-order valence-electron chi connectivity index (χ2n) is 4.31. The van der Waals surface area contributed by atoms with Gasteiger partial charge in [-0.2, -0.15) is 5.10 Å². The van der Waals surface area contributed by atoms with E-state index in [-0.39, 0.29) is 5.91 Å². The standard InChI is InChI=1S/C14H21N3O/c1-3-4-5-9-14(18)17-16-11(2)12-7-6-8-13(15)10-12/h6-8,10H,3-5,9,15H2,1-2H3,(H,17,18). The monoisotopic (exact) mass is 247 g/mol. The van der Waals surface area contributed by atoms with Crippen molar-refractivity contribution in [1.29, 1.82) is 0 Å². The highest BCUT2D eigenvalue weighted by molar-refractivity contribution is 5.99. The van der Waals surface area contributed by atoms with E-state index < -0.39 is 0 Å². The molecule has 0 spiro atoms. The molecule has 0 aliphatic carbocycles. The first-order chi connectivity index (χ1) is 8.63. The number of unbranched alkanes of at least 4 members (excludes halogenated alkanes) is 2. The first-order valence-corrected chi connectivity index (χ1v) is 6.32. The van der Waals surface area contributed by atoms with E-state index >= 15 is 0 Å². The molecule has 0 saturated heterocycles. The summed E-state index contributed by atoms with van der Waals surface area (Å²) in [6.07, 6.45) is 3.63. The smallest absolute Gasteiger partial charge is 0.240 e. The number of benzene rings is 1. The number of nitrogens with two attached hydrogens (primary N) is 1. The molecule has 0 saturated carbocycles. The number of hydrogen-bond donors (Lipinski definition) is 2. The SMILES string of the molecule is CCCCCC(=O)NN=C(C)c1cccc(N)c1. The van der Waals surface area contributed by atoms with E-state index in [9.17, 15) is 4.79 Å². The average molecular weight is 247 g/mol. The Kier molecular flexibility index (Phi) is 5.91. The lowest BCUT2D eigenvalue weighted by Gasteiger charge is -2.03. The molecule has 3 N–H and O–H groups in total. The fraction of sp³-hybridized carbons (Fsp3) is 0.429. The van der Waals surface area contributed by atoms with Gasteiger partial charge in [0.2, 0.25) is 5.91 Å². The van der Waals surface area contributed by atoms with Crippen LogP contribution in [-0.2, 0) is 4.79 Å². The third-order valence-electron chi connectivity index (χ3n) is 2.66. The van der Waals surface area contributed by atoms with Crippen molar-refractivity contribution in [2.75, 3.05) is 5.73 Å². The maximum absolute atomic E-state index is 11.5. The van der Waals surface area contributed by atoms with Crippen LogP contribution in [0, 0.1) is 0 Å². The molecule has 0 heterocycles. The quantitative estimate of drug-likeness (QED) is 0.351. The van der Waals surface area contributed by atoms with Crippen LogP contribution in [-0.4, -0.2) is 11.6 Å². The molecule has 0 unspecified atom stereocenters. The molecule has 0 aromatic heterocycles. The minimum Gasteiger partial charge on any atom is -0.399 e. The second-order valence-corrected chi connectivity index (χ2v) is 4.31. The van der Waals surface area contributed by atoms with Gasteiger partial charge in [-0.05, 0) is 31.0 Å². The number of nitrogens with zero attached hydrogens (tertiary/aromatic N) is 1. The number of nitrogens with one attached hydrogen (secondary N) is 1. The Hall–Kier alpha value is -1.84. The van der Waals surface area contributed by atoms with Crippen molar-refractivity contribution >= 4 is 17.3 Å². The lowest BCUT2D eigenvalue weighted by Crippen LogP contribution is -2.18. The molecular weight excluding hydrogens is 226 g/mol. The third kappa shape index (κ3) is 4.99. The van der Waals surface area contributed by atoms with E-state index in [0.29, 0.717) is 12.1 Å². The summed E-state index contributed by atoms with van der Waals surface area (Å²) in [4.78, 5) is 11.5. The molecule has 18 heavy (non-hydrogen) atoms. The van der Waals surface area contributed by atoms with E-state index in [1.807, 2.05) is 31.2 Å². The number of rotatable bonds is 6. The zero-order valence-corrected chi connectivity index (χ0v) is 11.1. The van der Waals surface area contributed by atoms with Gasteiger partial charge in [0.25, 0.3) is 0 Å². The van der Waals surface area contributed by atoms with Gasteiger partial charge in [0.05, 0.1) is 5.71 Å². The fourth-order valence-electron chi connectivity index (χ4n) is 1.57. The molecule has 4 nitrogen and oxygen atoms in total. The summed E-state index contributed by atoms with van der Waals surface area (Å²) in [7, 11) is 0. The van der Waals surface area contributed by atoms with Crippen LogP contribution in [0.15, 0.2) is 29.4 Å². The van der Waals surface area contributed by atoms with Crippen molar-refractivity contribution < 1.29 is 4.79 Å². The van der Waals surface area contributed by atoms with Crippen LogP contribution in [0.1, 0.15) is 45.1 Å². The molecule has 0 bridgehead atoms. The minimum atomic E-state index is -0.0355. The predicted octanol–water partition coefficient (Wildman–Crippen LogP) is 2.69. The summed E-state index contributed by atoms with van der Waals surface area (Å²) in [5.74, 6) is -0.0355. The van der Waals surface area contributed by atoms with Crippen molar-refractivity contribution in [1.82, 2.24) is 5.43 Å². The fourth-order valence-corrected chi connectivity index (χ4v) is 1.57. The largest absolute Gasteiger partial charge is 0.399 e. The van der Waals surface area contributed by atoms with Gasteiger partial charge in [-0.1, -0.05) is 31.9 Å². The summed E-state index contributed by atoms with van der Waals surface area (Å²) < 4.78 is 0. The molecule has 0 aliphatic rings. The van der Waals surface area contributed by atoms with E-state index in [1.54, 1.807) is 0 Å². The molecule has 1 amide bonds. The van der Waals surface area contributed by atoms with Crippen LogP contribution in [0.25, 0.3) is 0 Å². The third-order valence-corrected chi connectivity index (χ3v) is 2.66. The lowest BCUT2D eigenvalue weighted by atomic mass is 10.1. The lowest BCUT2D eigenvalue weighted by molar-refractivity contribution is -0.121. The topological polar surface area (TPSA) is 67.5 Å². The molecule has 1 aromatic carbocycles. The number of hydrazone groups is 1. The van der Waals surface area contributed by atoms with Crippen LogP contribution in [0.2, 0.25) is 0 Å². The van der Waals surface area contributed by atoms with Gasteiger partial charge >= 0.3 is 0 Å². The molecule has 0 radical (unpaired) electrons. The Labute approximate surface area is 108 Å². The number of hydrogen-bond acceptors (Lipinski definition) is 3. The van der Waals surface area contributed by atoms with Crippen LogP contribution >= 0.6 is 0 Å². The van der Waals surface area contributed by atoms with Gasteiger partial charge in [0, 0.05) is 12.1 Å². The van der Waals surface area contributed by atoms with Crippen molar-refractivity contribution in [3.8, 4) is 0 Å². The van der Waals surface area contributed by atoms with Crippen molar-refractivity contribution in [3.05, 3.63) is 29.8 Å². The van der Waals surface area contributed by atoms with E-state index in [2.05, 4.69) is 17.5 Å². The summed E-state index contributed by atoms with van der Waals surface area (Å²) in [6.45, 7) is 3.96. The second kappa shape index (κ2) is 7.48. The van der Waals surface area contributed by atoms with Crippen molar-refractivity contribution in [2.24, 2.45) is 5.10 Å². The first kappa shape index (κ1) is 14.2. The van der Waals surface area contributed by atoms with Crippen molar-refractivity contribution in [2.45, 2.75) is 39.5 Å². The van der Waals surface area contributed by atoms with Gasteiger partial charge in [-0.3, -0.25) is 4.79 Å². The maximum Gasteiger partial charge on any atom is 0.240 e. The molecule has 0 atom stereocenters. The normalized spacial score (nSPS) is 11.3. The average Bonchev–Trinajstić information content (AvgIpc) is 2.36. The van der Waals surface area contributed by atoms with Gasteiger partial charge in [-0.15, -0.1) is 0 Å². The minimum absolute atomic E-state index is 0.0355. The molecule has 0 aliphatic heterocycles. The van der Waals surface area contributed by atoms with Crippen LogP contribution in [0.3, 0.4) is 0 Å². The number of amides is 1. The molecule has 1 aromatic rings. The van der Waals surface area contributed by atoms with Crippen molar-refractivity contribution in [3.63, 3.8) is 0 Å². The van der Waals surface area contributed by atoms with Gasteiger partial charge in [0.1, 0.15) is 0 Å². The zero-order valence-electron chi connectivity index (χ0n) is 11.1. The number of nitrogen functional groups attached to an aromatic ring is 1. The highest BCUT2D eigenvalue weighted by Crippen LogP contribution is 2.07. The summed E-state index contributed by atoms with van der Waals surface area (Å²) in [5, 5.41) is 4.08. The van der Waals surface area contributed by atoms with E-state index in [0.717, 1.165) is 30.5 Å². The highest BCUT2D eigenvalue weighted by atomic mass is 16.2. The highest BCUT2D eigenvalue weighted by Gasteiger charge is 2.01. The number of anilines is 1. The van der Waals surface area contributed by atoms with Crippen LogP contribution < -0.4 is 11.2 Å². The summed E-state index contributed by atoms with van der Waals surface area (Å²) >= 11 is 0. The molecule has 4 heteroatoms. The van der Waals surface area contributed by atoms with E-state index in [4.69, 9.17) is 5.73 Å². The Bertz CT molecular complexity index is 427. The van der Waals surface area contributed by atoms with Crippen LogP contribution in [0.4, 0.5) is 5.69 Å². The zero-order chi connectivity index (χ0) is 13.4. The molecule has 1 rings (SSSR count). The number of carbonyl (C=O) groups excluding carboxylic acids is 1. The van der Waals surface area contributed by atoms with Crippen LogP contribution in [0.5, 0.6) is 0 Å².